The fourth-order valence-electron chi connectivity index (χ4n) is 2.14. The molecule has 4 heteroatoms. The Kier molecular flexibility index (Phi) is 3.86. The van der Waals surface area contributed by atoms with Crippen molar-refractivity contribution in [1.29, 1.82) is 0 Å². The second-order valence-electron chi connectivity index (χ2n) is 4.24. The molecule has 2 atom stereocenters. The molecule has 1 aliphatic rings. The highest BCUT2D eigenvalue weighted by atomic mass is 16.5. The number of hydrogen-bond donors (Lipinski definition) is 1. The lowest BCUT2D eigenvalue weighted by molar-refractivity contribution is -0.0000603. The molecule has 0 radical (unpaired) electrons. The normalized spacial score (nSPS) is 24.4. The maximum Gasteiger partial charge on any atom is 0.122 e. The Morgan fingerprint density at radius 3 is 2.35 bits per heavy atom. The molecule has 2 unspecified atom stereocenters. The molecule has 0 aliphatic carbocycles. The van der Waals surface area contributed by atoms with E-state index in [0.29, 0.717) is 0 Å². The molecule has 1 heterocycles. The first-order valence-electron chi connectivity index (χ1n) is 5.84. The Balaban J connectivity index is 2.29. The van der Waals surface area contributed by atoms with Crippen LogP contribution in [-0.2, 0) is 4.74 Å². The number of ether oxygens (including phenoxy) is 3. The standard InChI is InChI=1S/C13H19NO3/c1-15-10-6-9(7-11(8-10)16-2)13-12(14)4-3-5-17-13/h6-8,12-13H,3-5,14H2,1-2H3. The van der Waals surface area contributed by atoms with E-state index in [2.05, 4.69) is 0 Å². The lowest BCUT2D eigenvalue weighted by Crippen LogP contribution is -2.34. The van der Waals surface area contributed by atoms with Crippen molar-refractivity contribution in [2.45, 2.75) is 25.0 Å². The van der Waals surface area contributed by atoms with Gasteiger partial charge in [-0.3, -0.25) is 0 Å². The zero-order valence-corrected chi connectivity index (χ0v) is 10.3. The molecule has 2 rings (SSSR count). The summed E-state index contributed by atoms with van der Waals surface area (Å²) in [4.78, 5) is 0. The van der Waals surface area contributed by atoms with E-state index in [1.165, 1.54) is 0 Å². The predicted molar refractivity (Wildman–Crippen MR) is 65.4 cm³/mol. The number of methoxy groups -OCH3 is 2. The van der Waals surface area contributed by atoms with Crippen molar-refractivity contribution < 1.29 is 14.2 Å². The maximum atomic E-state index is 6.09. The van der Waals surface area contributed by atoms with Gasteiger partial charge >= 0.3 is 0 Å². The van der Waals surface area contributed by atoms with Crippen LogP contribution in [0.5, 0.6) is 11.5 Å². The summed E-state index contributed by atoms with van der Waals surface area (Å²) in [7, 11) is 3.28. The maximum absolute atomic E-state index is 6.09. The molecule has 17 heavy (non-hydrogen) atoms. The number of hydrogen-bond acceptors (Lipinski definition) is 4. The van der Waals surface area contributed by atoms with Crippen molar-refractivity contribution in [2.75, 3.05) is 20.8 Å². The molecule has 0 bridgehead atoms. The summed E-state index contributed by atoms with van der Waals surface area (Å²) in [6, 6.07) is 5.80. The van der Waals surface area contributed by atoms with Crippen LogP contribution in [0.2, 0.25) is 0 Å². The summed E-state index contributed by atoms with van der Waals surface area (Å²) in [6.07, 6.45) is 1.95. The number of nitrogens with two attached hydrogens (primary N) is 1. The summed E-state index contributed by atoms with van der Waals surface area (Å²) in [5.41, 5.74) is 7.11. The SMILES string of the molecule is COc1cc(OC)cc(C2OCCCC2N)c1. The lowest BCUT2D eigenvalue weighted by Gasteiger charge is -2.29. The van der Waals surface area contributed by atoms with Crippen molar-refractivity contribution in [2.24, 2.45) is 5.73 Å². The largest absolute Gasteiger partial charge is 0.497 e. The minimum Gasteiger partial charge on any atom is -0.497 e. The summed E-state index contributed by atoms with van der Waals surface area (Å²) in [5, 5.41) is 0. The molecule has 0 amide bonds. The van der Waals surface area contributed by atoms with Gasteiger partial charge in [0.2, 0.25) is 0 Å². The van der Waals surface area contributed by atoms with Crippen LogP contribution >= 0.6 is 0 Å². The summed E-state index contributed by atoms with van der Waals surface area (Å²) < 4.78 is 16.2. The van der Waals surface area contributed by atoms with E-state index >= 15 is 0 Å². The minimum atomic E-state index is -0.0623. The van der Waals surface area contributed by atoms with Crippen molar-refractivity contribution in [1.82, 2.24) is 0 Å². The molecule has 0 saturated carbocycles. The van der Waals surface area contributed by atoms with Gasteiger partial charge in [-0.25, -0.2) is 0 Å². The highest BCUT2D eigenvalue weighted by Gasteiger charge is 2.25. The van der Waals surface area contributed by atoms with E-state index in [1.54, 1.807) is 14.2 Å². The van der Waals surface area contributed by atoms with Crippen LogP contribution in [0.3, 0.4) is 0 Å². The Hall–Kier alpha value is -1.26. The van der Waals surface area contributed by atoms with E-state index in [0.717, 1.165) is 36.5 Å². The molecule has 94 valence electrons. The third kappa shape index (κ3) is 2.70. The third-order valence-electron chi connectivity index (χ3n) is 3.07. The molecular weight excluding hydrogens is 218 g/mol. The fraction of sp³-hybridized carbons (Fsp3) is 0.538. The molecule has 1 aromatic rings. The van der Waals surface area contributed by atoms with Crippen molar-refractivity contribution in [3.63, 3.8) is 0 Å². The fourth-order valence-corrected chi connectivity index (χ4v) is 2.14. The Bertz CT molecular complexity index is 359. The van der Waals surface area contributed by atoms with Crippen LogP contribution in [0, 0.1) is 0 Å². The quantitative estimate of drug-likeness (QED) is 0.872. The molecule has 1 saturated heterocycles. The van der Waals surface area contributed by atoms with Crippen LogP contribution in [0.1, 0.15) is 24.5 Å². The molecule has 4 nitrogen and oxygen atoms in total. The predicted octanol–water partition coefficient (Wildman–Crippen LogP) is 1.88. The first kappa shape index (κ1) is 12.2. The molecule has 2 N–H and O–H groups in total. The second-order valence-corrected chi connectivity index (χ2v) is 4.24. The molecule has 1 aromatic carbocycles. The van der Waals surface area contributed by atoms with Crippen molar-refractivity contribution in [3.8, 4) is 11.5 Å². The molecule has 1 aliphatic heterocycles. The van der Waals surface area contributed by atoms with Gasteiger partial charge in [-0.05, 0) is 30.5 Å². The van der Waals surface area contributed by atoms with Gasteiger partial charge in [0.1, 0.15) is 11.5 Å². The number of benzene rings is 1. The highest BCUT2D eigenvalue weighted by Crippen LogP contribution is 2.32. The Labute approximate surface area is 102 Å². The van der Waals surface area contributed by atoms with E-state index in [4.69, 9.17) is 19.9 Å². The first-order chi connectivity index (χ1) is 8.24. The average molecular weight is 237 g/mol. The summed E-state index contributed by atoms with van der Waals surface area (Å²) in [6.45, 7) is 0.762. The second kappa shape index (κ2) is 5.38. The van der Waals surface area contributed by atoms with Crippen LogP contribution in [0.25, 0.3) is 0 Å². The number of rotatable bonds is 3. The topological polar surface area (TPSA) is 53.7 Å². The zero-order valence-electron chi connectivity index (χ0n) is 10.3. The molecule has 0 spiro atoms. The Morgan fingerprint density at radius 1 is 1.18 bits per heavy atom. The van der Waals surface area contributed by atoms with Crippen molar-refractivity contribution in [3.05, 3.63) is 23.8 Å². The van der Waals surface area contributed by atoms with Crippen LogP contribution in [0.15, 0.2) is 18.2 Å². The molecular formula is C13H19NO3. The first-order valence-corrected chi connectivity index (χ1v) is 5.84. The van der Waals surface area contributed by atoms with Crippen LogP contribution in [0.4, 0.5) is 0 Å². The van der Waals surface area contributed by atoms with Crippen LogP contribution < -0.4 is 15.2 Å². The average Bonchev–Trinajstić information content (AvgIpc) is 2.38. The van der Waals surface area contributed by atoms with Crippen molar-refractivity contribution >= 4 is 0 Å². The van der Waals surface area contributed by atoms with Gasteiger partial charge in [0.05, 0.1) is 20.3 Å². The molecule has 1 fully saturated rings. The third-order valence-corrected chi connectivity index (χ3v) is 3.07. The molecule has 0 aromatic heterocycles. The van der Waals surface area contributed by atoms with Crippen LogP contribution in [-0.4, -0.2) is 26.9 Å². The van der Waals surface area contributed by atoms with E-state index in [1.807, 2.05) is 18.2 Å². The Morgan fingerprint density at radius 2 is 1.82 bits per heavy atom. The van der Waals surface area contributed by atoms with Gasteiger partial charge in [-0.1, -0.05) is 0 Å². The van der Waals surface area contributed by atoms with Gasteiger partial charge in [0, 0.05) is 18.7 Å². The smallest absolute Gasteiger partial charge is 0.122 e. The van der Waals surface area contributed by atoms with E-state index in [-0.39, 0.29) is 12.1 Å². The highest BCUT2D eigenvalue weighted by molar-refractivity contribution is 5.40. The summed E-state index contributed by atoms with van der Waals surface area (Å²) in [5.74, 6) is 1.53. The van der Waals surface area contributed by atoms with E-state index in [9.17, 15) is 0 Å². The summed E-state index contributed by atoms with van der Waals surface area (Å²) >= 11 is 0. The van der Waals surface area contributed by atoms with Gasteiger partial charge < -0.3 is 19.9 Å². The van der Waals surface area contributed by atoms with Gasteiger partial charge in [0.15, 0.2) is 0 Å². The van der Waals surface area contributed by atoms with Gasteiger partial charge in [0.25, 0.3) is 0 Å². The van der Waals surface area contributed by atoms with Gasteiger partial charge in [-0.2, -0.15) is 0 Å². The van der Waals surface area contributed by atoms with E-state index < -0.39 is 0 Å². The lowest BCUT2D eigenvalue weighted by atomic mass is 9.96. The zero-order chi connectivity index (χ0) is 12.3. The van der Waals surface area contributed by atoms with Gasteiger partial charge in [-0.15, -0.1) is 0 Å². The minimum absolute atomic E-state index is 0.0422. The monoisotopic (exact) mass is 237 g/mol.